The van der Waals surface area contributed by atoms with Gasteiger partial charge in [-0.25, -0.2) is 0 Å². The molecule has 5 heteroatoms. The van der Waals surface area contributed by atoms with Crippen LogP contribution in [0.5, 0.6) is 0 Å². The summed E-state index contributed by atoms with van der Waals surface area (Å²) in [6, 6.07) is 1.77. The highest BCUT2D eigenvalue weighted by atomic mass is 16.2. The fourth-order valence-electron chi connectivity index (χ4n) is 1.68. The molecule has 1 rings (SSSR count). The van der Waals surface area contributed by atoms with Crippen LogP contribution in [-0.2, 0) is 6.42 Å². The number of unbranched alkanes of at least 4 members (excludes halogenated alkanes) is 2. The fourth-order valence-corrected chi connectivity index (χ4v) is 1.68. The number of hydrogen-bond donors (Lipinski definition) is 2. The zero-order valence-electron chi connectivity index (χ0n) is 11.1. The topological polar surface area (TPSA) is 75.1 Å². The molecule has 0 aliphatic heterocycles. The van der Waals surface area contributed by atoms with Gasteiger partial charge in [0.05, 0.1) is 17.0 Å². The number of hydrogen-bond acceptors (Lipinski definition) is 4. The van der Waals surface area contributed by atoms with Crippen LogP contribution in [0.4, 0.5) is 0 Å². The highest BCUT2D eigenvalue weighted by Gasteiger charge is 2.11. The first-order valence-corrected chi connectivity index (χ1v) is 6.41. The van der Waals surface area contributed by atoms with E-state index in [1.165, 1.54) is 0 Å². The highest BCUT2D eigenvalue weighted by molar-refractivity contribution is 5.95. The third-order valence-corrected chi connectivity index (χ3v) is 2.69. The molecule has 0 spiro atoms. The number of carbonyl (C=O) groups excluding carboxylic acids is 1. The average molecular weight is 251 g/mol. The molecule has 0 radical (unpaired) electrons. The Morgan fingerprint density at radius 2 is 2.11 bits per heavy atom. The lowest BCUT2D eigenvalue weighted by molar-refractivity contribution is 0.0951. The van der Waals surface area contributed by atoms with E-state index in [9.17, 15) is 4.79 Å². The number of rotatable bonds is 7. The molecule has 0 aliphatic rings. The number of aryl methyl sites for hydroxylation is 2. The predicted molar refractivity (Wildman–Crippen MR) is 69.4 cm³/mol. The van der Waals surface area contributed by atoms with Gasteiger partial charge in [0.25, 0.3) is 5.91 Å². The van der Waals surface area contributed by atoms with Crippen LogP contribution < -0.4 is 5.32 Å². The summed E-state index contributed by atoms with van der Waals surface area (Å²) < 4.78 is 0. The molecule has 0 saturated heterocycles. The van der Waals surface area contributed by atoms with Gasteiger partial charge < -0.3 is 10.4 Å². The molecule has 1 amide bonds. The largest absolute Gasteiger partial charge is 0.396 e. The van der Waals surface area contributed by atoms with Gasteiger partial charge in [0.1, 0.15) is 0 Å². The zero-order chi connectivity index (χ0) is 13.4. The fraction of sp³-hybridized carbons (Fsp3) is 0.615. The normalized spacial score (nSPS) is 10.4. The molecule has 100 valence electrons. The van der Waals surface area contributed by atoms with Crippen molar-refractivity contribution in [3.8, 4) is 0 Å². The summed E-state index contributed by atoms with van der Waals surface area (Å²) >= 11 is 0. The molecular weight excluding hydrogens is 230 g/mol. The Morgan fingerprint density at radius 3 is 2.78 bits per heavy atom. The van der Waals surface area contributed by atoms with E-state index >= 15 is 0 Å². The molecule has 0 aromatic carbocycles. The third-order valence-electron chi connectivity index (χ3n) is 2.69. The molecule has 0 fully saturated rings. The summed E-state index contributed by atoms with van der Waals surface area (Å²) in [7, 11) is 0. The molecular formula is C13H21N3O2. The summed E-state index contributed by atoms with van der Waals surface area (Å²) in [5, 5.41) is 19.5. The molecule has 0 bridgehead atoms. The molecule has 0 saturated carbocycles. The maximum atomic E-state index is 12.0. The Bertz CT molecular complexity index is 394. The summed E-state index contributed by atoms with van der Waals surface area (Å²) in [6.45, 7) is 4.62. The van der Waals surface area contributed by atoms with Gasteiger partial charge in [-0.15, -0.1) is 0 Å². The second-order valence-electron chi connectivity index (χ2n) is 4.24. The van der Waals surface area contributed by atoms with Crippen molar-refractivity contribution >= 4 is 5.91 Å². The first kappa shape index (κ1) is 14.6. The minimum Gasteiger partial charge on any atom is -0.396 e. The van der Waals surface area contributed by atoms with Gasteiger partial charge in [-0.2, -0.15) is 10.2 Å². The number of carbonyl (C=O) groups is 1. The van der Waals surface area contributed by atoms with Crippen LogP contribution in [-0.4, -0.2) is 34.4 Å². The summed E-state index contributed by atoms with van der Waals surface area (Å²) in [5.41, 5.74) is 2.10. The Labute approximate surface area is 108 Å². The Kier molecular flexibility index (Phi) is 6.28. The van der Waals surface area contributed by atoms with E-state index in [1.54, 1.807) is 6.07 Å². The van der Waals surface area contributed by atoms with E-state index in [-0.39, 0.29) is 12.5 Å². The lowest BCUT2D eigenvalue weighted by Crippen LogP contribution is -2.26. The van der Waals surface area contributed by atoms with Crippen LogP contribution in [0.25, 0.3) is 0 Å². The standard InChI is InChI=1S/C13H21N3O2/c1-3-12-11(9-10(2)15-16-12)13(18)14-7-5-4-6-8-17/h9,17H,3-8H2,1-2H3,(H,14,18). The maximum Gasteiger partial charge on any atom is 0.253 e. The van der Waals surface area contributed by atoms with Crippen LogP contribution in [0.2, 0.25) is 0 Å². The smallest absolute Gasteiger partial charge is 0.253 e. The van der Waals surface area contributed by atoms with E-state index in [2.05, 4.69) is 15.5 Å². The summed E-state index contributed by atoms with van der Waals surface area (Å²) in [5.74, 6) is -0.0890. The van der Waals surface area contributed by atoms with E-state index in [1.807, 2.05) is 13.8 Å². The SMILES string of the molecule is CCc1nnc(C)cc1C(=O)NCCCCCO. The van der Waals surface area contributed by atoms with Crippen molar-refractivity contribution in [1.82, 2.24) is 15.5 Å². The minimum absolute atomic E-state index is 0.0890. The van der Waals surface area contributed by atoms with Crippen LogP contribution in [0, 0.1) is 6.92 Å². The predicted octanol–water partition coefficient (Wildman–Crippen LogP) is 1.24. The lowest BCUT2D eigenvalue weighted by atomic mass is 10.1. The van der Waals surface area contributed by atoms with Crippen molar-refractivity contribution in [2.24, 2.45) is 0 Å². The second kappa shape index (κ2) is 7.76. The molecule has 0 aliphatic carbocycles. The van der Waals surface area contributed by atoms with Crippen LogP contribution >= 0.6 is 0 Å². The molecule has 18 heavy (non-hydrogen) atoms. The number of nitrogens with zero attached hydrogens (tertiary/aromatic N) is 2. The quantitative estimate of drug-likeness (QED) is 0.715. The third kappa shape index (κ3) is 4.41. The Hall–Kier alpha value is -1.49. The van der Waals surface area contributed by atoms with Crippen molar-refractivity contribution in [2.45, 2.75) is 39.5 Å². The van der Waals surface area contributed by atoms with Crippen molar-refractivity contribution in [3.05, 3.63) is 23.0 Å². The number of aromatic nitrogens is 2. The monoisotopic (exact) mass is 251 g/mol. The zero-order valence-corrected chi connectivity index (χ0v) is 11.1. The molecule has 1 heterocycles. The molecule has 5 nitrogen and oxygen atoms in total. The van der Waals surface area contributed by atoms with Gasteiger partial charge in [0.15, 0.2) is 0 Å². The van der Waals surface area contributed by atoms with E-state index in [0.717, 1.165) is 30.7 Å². The molecule has 2 N–H and O–H groups in total. The van der Waals surface area contributed by atoms with Gasteiger partial charge in [-0.05, 0) is 38.7 Å². The highest BCUT2D eigenvalue weighted by Crippen LogP contribution is 2.07. The van der Waals surface area contributed by atoms with Crippen molar-refractivity contribution in [3.63, 3.8) is 0 Å². The van der Waals surface area contributed by atoms with Gasteiger partial charge in [0, 0.05) is 13.2 Å². The summed E-state index contributed by atoms with van der Waals surface area (Å²) in [6.07, 6.45) is 3.28. The van der Waals surface area contributed by atoms with Crippen LogP contribution in [0.3, 0.4) is 0 Å². The number of aliphatic hydroxyl groups excluding tert-OH is 1. The minimum atomic E-state index is -0.0890. The van der Waals surface area contributed by atoms with Crippen LogP contribution in [0.15, 0.2) is 6.07 Å². The molecule has 1 aromatic rings. The number of amides is 1. The van der Waals surface area contributed by atoms with Gasteiger partial charge in [0.2, 0.25) is 0 Å². The van der Waals surface area contributed by atoms with E-state index in [0.29, 0.717) is 18.5 Å². The van der Waals surface area contributed by atoms with Crippen molar-refractivity contribution < 1.29 is 9.90 Å². The molecule has 0 atom stereocenters. The van der Waals surface area contributed by atoms with E-state index < -0.39 is 0 Å². The van der Waals surface area contributed by atoms with E-state index in [4.69, 9.17) is 5.11 Å². The van der Waals surface area contributed by atoms with Gasteiger partial charge >= 0.3 is 0 Å². The first-order chi connectivity index (χ1) is 8.69. The van der Waals surface area contributed by atoms with Crippen molar-refractivity contribution in [1.29, 1.82) is 0 Å². The Morgan fingerprint density at radius 1 is 1.33 bits per heavy atom. The molecule has 0 unspecified atom stereocenters. The van der Waals surface area contributed by atoms with Gasteiger partial charge in [-0.3, -0.25) is 4.79 Å². The summed E-state index contributed by atoms with van der Waals surface area (Å²) in [4.78, 5) is 12.0. The maximum absolute atomic E-state index is 12.0. The lowest BCUT2D eigenvalue weighted by Gasteiger charge is -2.08. The molecule has 1 aromatic heterocycles. The average Bonchev–Trinajstić information content (AvgIpc) is 2.38. The number of nitrogens with one attached hydrogen (secondary N) is 1. The first-order valence-electron chi connectivity index (χ1n) is 6.41. The van der Waals surface area contributed by atoms with Crippen LogP contribution in [0.1, 0.15) is 47.9 Å². The Balaban J connectivity index is 2.52. The van der Waals surface area contributed by atoms with Gasteiger partial charge in [-0.1, -0.05) is 6.92 Å². The number of aliphatic hydroxyl groups is 1. The second-order valence-corrected chi connectivity index (χ2v) is 4.24. The van der Waals surface area contributed by atoms with Crippen molar-refractivity contribution in [2.75, 3.05) is 13.2 Å².